The number of aryl methyl sites for hydroxylation is 2. The molecule has 0 spiro atoms. The van der Waals surface area contributed by atoms with Gasteiger partial charge in [0.2, 0.25) is 0 Å². The summed E-state index contributed by atoms with van der Waals surface area (Å²) in [6, 6.07) is 10.3. The number of thiophene rings is 1. The molecule has 1 aromatic carbocycles. The van der Waals surface area contributed by atoms with E-state index < -0.39 is 0 Å². The van der Waals surface area contributed by atoms with E-state index in [1.165, 1.54) is 5.56 Å². The number of hydrogen-bond acceptors (Lipinski definition) is 4. The van der Waals surface area contributed by atoms with Crippen molar-refractivity contribution in [3.8, 4) is 10.7 Å². The van der Waals surface area contributed by atoms with Crippen LogP contribution in [-0.2, 0) is 6.42 Å². The predicted molar refractivity (Wildman–Crippen MR) is 95.0 cm³/mol. The van der Waals surface area contributed by atoms with Crippen molar-refractivity contribution in [2.24, 2.45) is 0 Å². The first-order valence-corrected chi connectivity index (χ1v) is 8.84. The molecule has 0 unspecified atom stereocenters. The van der Waals surface area contributed by atoms with Gasteiger partial charge in [0.15, 0.2) is 11.5 Å². The molecule has 0 bridgehead atoms. The summed E-state index contributed by atoms with van der Waals surface area (Å²) < 4.78 is 1.93. The van der Waals surface area contributed by atoms with Gasteiger partial charge in [-0.15, -0.1) is 16.4 Å². The second-order valence-electron chi connectivity index (χ2n) is 5.81. The molecule has 0 aliphatic heterocycles. The fraction of sp³-hybridized carbons (Fsp3) is 0.278. The van der Waals surface area contributed by atoms with E-state index >= 15 is 0 Å². The molecule has 0 amide bonds. The zero-order valence-corrected chi connectivity index (χ0v) is 14.1. The smallest absolute Gasteiger partial charge is 0.192 e. The Labute approximate surface area is 138 Å². The monoisotopic (exact) mass is 322 g/mol. The Morgan fingerprint density at radius 1 is 1.17 bits per heavy atom. The van der Waals surface area contributed by atoms with Gasteiger partial charge in [-0.2, -0.15) is 4.52 Å². The van der Waals surface area contributed by atoms with Crippen molar-refractivity contribution >= 4 is 27.9 Å². The molecule has 116 valence electrons. The van der Waals surface area contributed by atoms with Crippen LogP contribution in [0.15, 0.2) is 35.7 Å². The summed E-state index contributed by atoms with van der Waals surface area (Å²) in [5, 5.41) is 7.94. The minimum Gasteiger partial charge on any atom is -0.233 e. The van der Waals surface area contributed by atoms with Gasteiger partial charge in [0.05, 0.1) is 10.4 Å². The molecule has 23 heavy (non-hydrogen) atoms. The Morgan fingerprint density at radius 3 is 2.83 bits per heavy atom. The second kappa shape index (κ2) is 5.74. The minimum absolute atomic E-state index is 0.791. The summed E-state index contributed by atoms with van der Waals surface area (Å²) in [5.74, 6) is 1.78. The lowest BCUT2D eigenvalue weighted by atomic mass is 10.2. The SMILES string of the molecule is CCCCc1nc2ccccc2c2nc(-c3cc(C)cs3)nn12. The van der Waals surface area contributed by atoms with Gasteiger partial charge in [-0.3, -0.25) is 0 Å². The van der Waals surface area contributed by atoms with Crippen molar-refractivity contribution in [3.05, 3.63) is 47.1 Å². The number of aromatic nitrogens is 4. The number of unbranched alkanes of at least 4 members (excludes halogenated alkanes) is 1. The summed E-state index contributed by atoms with van der Waals surface area (Å²) in [4.78, 5) is 10.7. The first-order valence-electron chi connectivity index (χ1n) is 7.96. The Bertz CT molecular complexity index is 983. The summed E-state index contributed by atoms with van der Waals surface area (Å²) >= 11 is 1.69. The van der Waals surface area contributed by atoms with E-state index in [4.69, 9.17) is 15.1 Å². The fourth-order valence-electron chi connectivity index (χ4n) is 2.76. The number of benzene rings is 1. The first kappa shape index (κ1) is 14.3. The van der Waals surface area contributed by atoms with Crippen molar-refractivity contribution in [2.75, 3.05) is 0 Å². The molecule has 4 nitrogen and oxygen atoms in total. The molecule has 4 aromatic rings. The van der Waals surface area contributed by atoms with Crippen molar-refractivity contribution in [2.45, 2.75) is 33.1 Å². The van der Waals surface area contributed by atoms with E-state index in [1.54, 1.807) is 11.3 Å². The first-order chi connectivity index (χ1) is 11.3. The van der Waals surface area contributed by atoms with Crippen LogP contribution in [0.4, 0.5) is 0 Å². The van der Waals surface area contributed by atoms with Gasteiger partial charge in [0.1, 0.15) is 5.82 Å². The molecule has 0 atom stereocenters. The molecule has 0 N–H and O–H groups in total. The van der Waals surface area contributed by atoms with Crippen molar-refractivity contribution < 1.29 is 0 Å². The van der Waals surface area contributed by atoms with Crippen molar-refractivity contribution in [3.63, 3.8) is 0 Å². The van der Waals surface area contributed by atoms with Crippen molar-refractivity contribution in [1.82, 2.24) is 19.6 Å². The standard InChI is InChI=1S/C18H18N4S/c1-3-4-9-16-19-14-8-6-5-7-13(14)18-20-17(21-22(16)18)15-10-12(2)11-23-15/h5-8,10-11H,3-4,9H2,1-2H3. The Hall–Kier alpha value is -2.27. The summed E-state index contributed by atoms with van der Waals surface area (Å²) in [6.45, 7) is 4.29. The molecule has 0 aliphatic carbocycles. The lowest BCUT2D eigenvalue weighted by Gasteiger charge is -2.05. The molecule has 3 aromatic heterocycles. The molecular formula is C18H18N4S. The predicted octanol–water partition coefficient (Wildman–Crippen LogP) is 4.66. The van der Waals surface area contributed by atoms with Gasteiger partial charge < -0.3 is 0 Å². The highest BCUT2D eigenvalue weighted by Gasteiger charge is 2.14. The number of nitrogens with zero attached hydrogens (tertiary/aromatic N) is 4. The van der Waals surface area contributed by atoms with E-state index in [-0.39, 0.29) is 0 Å². The quantitative estimate of drug-likeness (QED) is 0.549. The van der Waals surface area contributed by atoms with Gasteiger partial charge in [-0.25, -0.2) is 9.97 Å². The Kier molecular flexibility index (Phi) is 3.58. The molecule has 0 fully saturated rings. The maximum Gasteiger partial charge on any atom is 0.192 e. The van der Waals surface area contributed by atoms with Crippen LogP contribution in [-0.4, -0.2) is 19.6 Å². The van der Waals surface area contributed by atoms with Gasteiger partial charge in [0.25, 0.3) is 0 Å². The van der Waals surface area contributed by atoms with Crippen LogP contribution in [0.3, 0.4) is 0 Å². The topological polar surface area (TPSA) is 43.1 Å². The normalized spacial score (nSPS) is 11.6. The van der Waals surface area contributed by atoms with Crippen LogP contribution >= 0.6 is 11.3 Å². The zero-order chi connectivity index (χ0) is 15.8. The number of fused-ring (bicyclic) bond motifs is 3. The summed E-state index contributed by atoms with van der Waals surface area (Å²) in [6.07, 6.45) is 3.17. The van der Waals surface area contributed by atoms with Crippen LogP contribution in [0.5, 0.6) is 0 Å². The van der Waals surface area contributed by atoms with Gasteiger partial charge in [-0.1, -0.05) is 25.5 Å². The highest BCUT2D eigenvalue weighted by Crippen LogP contribution is 2.27. The number of rotatable bonds is 4. The van der Waals surface area contributed by atoms with Crippen LogP contribution in [0.1, 0.15) is 31.2 Å². The Balaban J connectivity index is 1.97. The van der Waals surface area contributed by atoms with Gasteiger partial charge >= 0.3 is 0 Å². The Morgan fingerprint density at radius 2 is 2.04 bits per heavy atom. The largest absolute Gasteiger partial charge is 0.233 e. The average Bonchev–Trinajstić information content (AvgIpc) is 3.19. The average molecular weight is 322 g/mol. The third-order valence-electron chi connectivity index (χ3n) is 3.95. The minimum atomic E-state index is 0.791. The molecule has 0 aliphatic rings. The number of hydrogen-bond donors (Lipinski definition) is 0. The molecule has 0 radical (unpaired) electrons. The van der Waals surface area contributed by atoms with E-state index in [0.717, 1.165) is 52.3 Å². The van der Waals surface area contributed by atoms with E-state index in [2.05, 4.69) is 37.4 Å². The maximum atomic E-state index is 4.82. The third kappa shape index (κ3) is 2.51. The molecule has 5 heteroatoms. The van der Waals surface area contributed by atoms with Crippen LogP contribution in [0.25, 0.3) is 27.3 Å². The van der Waals surface area contributed by atoms with E-state index in [1.807, 2.05) is 16.6 Å². The lowest BCUT2D eigenvalue weighted by molar-refractivity contribution is 0.720. The third-order valence-corrected chi connectivity index (χ3v) is 4.99. The zero-order valence-electron chi connectivity index (χ0n) is 13.3. The van der Waals surface area contributed by atoms with Crippen LogP contribution < -0.4 is 0 Å². The molecule has 0 saturated heterocycles. The highest BCUT2D eigenvalue weighted by molar-refractivity contribution is 7.13. The molecular weight excluding hydrogens is 304 g/mol. The summed E-state index contributed by atoms with van der Waals surface area (Å²) in [5.41, 5.74) is 3.15. The molecule has 0 saturated carbocycles. The van der Waals surface area contributed by atoms with Crippen LogP contribution in [0.2, 0.25) is 0 Å². The molecule has 4 rings (SSSR count). The second-order valence-corrected chi connectivity index (χ2v) is 6.72. The lowest BCUT2D eigenvalue weighted by Crippen LogP contribution is -2.03. The summed E-state index contributed by atoms with van der Waals surface area (Å²) in [7, 11) is 0. The van der Waals surface area contributed by atoms with Gasteiger partial charge in [0, 0.05) is 11.8 Å². The van der Waals surface area contributed by atoms with Gasteiger partial charge in [-0.05, 0) is 42.5 Å². The number of para-hydroxylation sites is 1. The van der Waals surface area contributed by atoms with E-state index in [9.17, 15) is 0 Å². The molecule has 3 heterocycles. The fourth-order valence-corrected chi connectivity index (χ4v) is 3.59. The van der Waals surface area contributed by atoms with Crippen LogP contribution in [0, 0.1) is 6.92 Å². The highest BCUT2D eigenvalue weighted by atomic mass is 32.1. The maximum absolute atomic E-state index is 4.82. The van der Waals surface area contributed by atoms with E-state index in [0.29, 0.717) is 0 Å². The van der Waals surface area contributed by atoms with Crippen molar-refractivity contribution in [1.29, 1.82) is 0 Å².